The van der Waals surface area contributed by atoms with E-state index in [0.29, 0.717) is 0 Å². The third kappa shape index (κ3) is 4.45. The first-order valence-electron chi connectivity index (χ1n) is 7.45. The zero-order valence-electron chi connectivity index (χ0n) is 15.1. The second kappa shape index (κ2) is 8.59. The molecule has 0 radical (unpaired) electrons. The molecule has 0 aromatic carbocycles. The van der Waals surface area contributed by atoms with Crippen LogP contribution in [0.5, 0.6) is 0 Å². The smallest absolute Gasteiger partial charge is 0.543 e. The summed E-state index contributed by atoms with van der Waals surface area (Å²) in [5.41, 5.74) is -2.14. The van der Waals surface area contributed by atoms with Gasteiger partial charge in [0.2, 0.25) is 0 Å². The standard InChI is InChI=1S/C14H17N3O8S.Na/c1-6(18)25-4-7-5-26-11-8(10(19)16(11)9(7)12(20)21)15-13(22)14(2,3)17(23)24;/h8,11H,4-5H2,1-3H3,(H,15,22)(H,20,21);/q;+1/p-1/t8?,11-;/m0./s1. The van der Waals surface area contributed by atoms with Crippen molar-refractivity contribution in [3.05, 3.63) is 21.4 Å². The Morgan fingerprint density at radius 3 is 2.48 bits per heavy atom. The first kappa shape index (κ1) is 23.4. The van der Waals surface area contributed by atoms with E-state index in [-0.39, 0.29) is 47.5 Å². The van der Waals surface area contributed by atoms with E-state index in [0.717, 1.165) is 37.4 Å². The van der Waals surface area contributed by atoms with E-state index in [1.807, 2.05) is 0 Å². The maximum atomic E-state index is 12.3. The molecule has 0 spiro atoms. The fourth-order valence-electron chi connectivity index (χ4n) is 2.37. The summed E-state index contributed by atoms with van der Waals surface area (Å²) >= 11 is 1.15. The molecule has 2 rings (SSSR count). The molecule has 0 saturated carbocycles. The molecule has 27 heavy (non-hydrogen) atoms. The summed E-state index contributed by atoms with van der Waals surface area (Å²) in [4.78, 5) is 57.8. The van der Waals surface area contributed by atoms with Gasteiger partial charge in [0, 0.05) is 37.0 Å². The molecule has 2 amide bonds. The molecule has 1 saturated heterocycles. The van der Waals surface area contributed by atoms with E-state index >= 15 is 0 Å². The van der Waals surface area contributed by atoms with Crippen molar-refractivity contribution < 1.29 is 63.5 Å². The number of carbonyl (C=O) groups is 4. The Bertz CT molecular complexity index is 738. The number of ether oxygens (including phenoxy) is 1. The van der Waals surface area contributed by atoms with Crippen LogP contribution >= 0.6 is 11.8 Å². The molecule has 13 heteroatoms. The summed E-state index contributed by atoms with van der Waals surface area (Å²) in [5.74, 6) is -3.76. The van der Waals surface area contributed by atoms with Crippen LogP contribution in [0.4, 0.5) is 0 Å². The minimum absolute atomic E-state index is 0. The van der Waals surface area contributed by atoms with Crippen LogP contribution in [0.25, 0.3) is 0 Å². The van der Waals surface area contributed by atoms with Crippen molar-refractivity contribution in [2.75, 3.05) is 12.4 Å². The molecule has 0 bridgehead atoms. The fourth-order valence-corrected chi connectivity index (χ4v) is 3.70. The number of fused-ring (bicyclic) bond motifs is 1. The zero-order chi connectivity index (χ0) is 19.8. The van der Waals surface area contributed by atoms with Gasteiger partial charge in [-0.15, -0.1) is 11.8 Å². The molecule has 2 heterocycles. The quantitative estimate of drug-likeness (QED) is 0.149. The first-order valence-corrected chi connectivity index (χ1v) is 8.50. The molecule has 11 nitrogen and oxygen atoms in total. The number of nitro groups is 1. The van der Waals surface area contributed by atoms with Gasteiger partial charge in [0.15, 0.2) is 0 Å². The molecule has 2 aliphatic heterocycles. The van der Waals surface area contributed by atoms with Crippen molar-refractivity contribution in [2.45, 2.75) is 37.7 Å². The number of aliphatic carboxylic acids is 1. The van der Waals surface area contributed by atoms with Gasteiger partial charge in [-0.1, -0.05) is 0 Å². The molecular formula is C14H16N3NaO8S. The van der Waals surface area contributed by atoms with Crippen LogP contribution in [0.15, 0.2) is 11.3 Å². The van der Waals surface area contributed by atoms with Crippen LogP contribution in [0.1, 0.15) is 20.8 Å². The predicted octanol–water partition coefficient (Wildman–Crippen LogP) is -4.99. The molecule has 0 aliphatic carbocycles. The van der Waals surface area contributed by atoms with E-state index in [2.05, 4.69) is 5.32 Å². The van der Waals surface area contributed by atoms with Gasteiger partial charge in [-0.25, -0.2) is 0 Å². The van der Waals surface area contributed by atoms with E-state index < -0.39 is 51.3 Å². The number of rotatable bonds is 6. The number of nitrogens with zero attached hydrogens (tertiary/aromatic N) is 2. The normalized spacial score (nSPS) is 21.4. The van der Waals surface area contributed by atoms with Crippen molar-refractivity contribution >= 4 is 35.5 Å². The summed E-state index contributed by atoms with van der Waals surface area (Å²) < 4.78 is 4.78. The van der Waals surface area contributed by atoms with Gasteiger partial charge in [-0.3, -0.25) is 29.4 Å². The summed E-state index contributed by atoms with van der Waals surface area (Å²) in [6, 6.07) is -1.09. The number of amides is 2. The van der Waals surface area contributed by atoms with E-state index in [1.165, 1.54) is 0 Å². The summed E-state index contributed by atoms with van der Waals surface area (Å²) in [5, 5.41) is 23.9. The van der Waals surface area contributed by atoms with Crippen LogP contribution in [-0.2, 0) is 23.9 Å². The van der Waals surface area contributed by atoms with Crippen LogP contribution in [0, 0.1) is 10.1 Å². The van der Waals surface area contributed by atoms with Crippen molar-refractivity contribution in [3.63, 3.8) is 0 Å². The molecule has 142 valence electrons. The van der Waals surface area contributed by atoms with Crippen molar-refractivity contribution in [1.29, 1.82) is 0 Å². The summed E-state index contributed by atoms with van der Waals surface area (Å²) in [7, 11) is 0. The van der Waals surface area contributed by atoms with Crippen LogP contribution < -0.4 is 40.0 Å². The minimum atomic E-state index is -1.94. The zero-order valence-corrected chi connectivity index (χ0v) is 18.0. The van der Waals surface area contributed by atoms with Gasteiger partial charge in [-0.05, 0) is 0 Å². The Morgan fingerprint density at radius 2 is 2.00 bits per heavy atom. The van der Waals surface area contributed by atoms with E-state index in [4.69, 9.17) is 4.74 Å². The van der Waals surface area contributed by atoms with Gasteiger partial charge in [-0.2, -0.15) is 0 Å². The van der Waals surface area contributed by atoms with E-state index in [1.54, 1.807) is 0 Å². The number of hydrogen-bond donors (Lipinski definition) is 1. The second-order valence-electron chi connectivity index (χ2n) is 6.20. The largest absolute Gasteiger partial charge is 1.00 e. The number of thioether (sulfide) groups is 1. The van der Waals surface area contributed by atoms with Crippen molar-refractivity contribution in [3.8, 4) is 0 Å². The van der Waals surface area contributed by atoms with Crippen LogP contribution in [-0.4, -0.2) is 62.9 Å². The third-order valence-corrected chi connectivity index (χ3v) is 5.33. The molecule has 1 N–H and O–H groups in total. The predicted molar refractivity (Wildman–Crippen MR) is 84.8 cm³/mol. The number of hydrogen-bond acceptors (Lipinski definition) is 9. The maximum absolute atomic E-state index is 12.3. The maximum Gasteiger partial charge on any atom is 1.00 e. The van der Waals surface area contributed by atoms with Gasteiger partial charge >= 0.3 is 35.5 Å². The van der Waals surface area contributed by atoms with Gasteiger partial charge < -0.3 is 20.0 Å². The number of carboxylic acids is 1. The first-order chi connectivity index (χ1) is 12.0. The van der Waals surface area contributed by atoms with Gasteiger partial charge in [0.25, 0.3) is 17.4 Å². The average molecular weight is 409 g/mol. The Labute approximate surface area is 180 Å². The Hall–Kier alpha value is -1.63. The number of nitrogens with one attached hydrogen (secondary N) is 1. The summed E-state index contributed by atoms with van der Waals surface area (Å²) in [6.07, 6.45) is 0. The topological polar surface area (TPSA) is 159 Å². The number of esters is 1. The summed E-state index contributed by atoms with van der Waals surface area (Å²) in [6.45, 7) is 3.06. The van der Waals surface area contributed by atoms with Gasteiger partial charge in [0.1, 0.15) is 18.0 Å². The van der Waals surface area contributed by atoms with Crippen molar-refractivity contribution in [1.82, 2.24) is 10.2 Å². The monoisotopic (exact) mass is 409 g/mol. The second-order valence-corrected chi connectivity index (χ2v) is 7.30. The molecule has 2 atom stereocenters. The average Bonchev–Trinajstić information content (AvgIpc) is 2.55. The Kier molecular flexibility index (Phi) is 7.45. The molecule has 1 unspecified atom stereocenters. The van der Waals surface area contributed by atoms with Crippen molar-refractivity contribution in [2.24, 2.45) is 0 Å². The third-order valence-electron chi connectivity index (χ3n) is 3.99. The number of carboxylic acid groups (broad SMARTS) is 1. The van der Waals surface area contributed by atoms with Crippen LogP contribution in [0.3, 0.4) is 0 Å². The molecule has 1 fully saturated rings. The molecule has 0 aromatic heterocycles. The molecule has 0 aromatic rings. The Balaban J connectivity index is 0.00000364. The Morgan fingerprint density at radius 1 is 1.41 bits per heavy atom. The molecule has 2 aliphatic rings. The van der Waals surface area contributed by atoms with Gasteiger partial charge in [0.05, 0.1) is 11.7 Å². The SMILES string of the molecule is CC(=O)OCC1=C(C(=O)[O-])N2C(=O)C(NC(=O)C(C)(C)[N+](=O)[O-])[C@@H]2SC1.[Na+]. The number of carbonyl (C=O) groups excluding carboxylic acids is 4. The molecular weight excluding hydrogens is 393 g/mol. The fraction of sp³-hybridized carbons (Fsp3) is 0.571. The van der Waals surface area contributed by atoms with E-state index in [9.17, 15) is 34.4 Å². The van der Waals surface area contributed by atoms with Crippen LogP contribution in [0.2, 0.25) is 0 Å². The minimum Gasteiger partial charge on any atom is -0.543 e. The number of β-lactam (4-membered cyclic amide) rings is 1.